The van der Waals surface area contributed by atoms with E-state index in [1.807, 2.05) is 0 Å². The van der Waals surface area contributed by atoms with E-state index in [9.17, 15) is 9.59 Å². The molecular weight excluding hydrogens is 421 g/mol. The summed E-state index contributed by atoms with van der Waals surface area (Å²) in [7, 11) is 1.25. The Hall–Kier alpha value is -1.42. The first-order valence-electron chi connectivity index (χ1n) is 7.47. The number of halogens is 2. The standard InChI is InChI=1S/C15H17Cl2N3O4S2/c1-15(2,3)24-14(22)18-6-5-7-19-8(10(16)25-7)12-20-9(11(17)26-12)13(21)23-4/h5-6H2,1-4H3,(H,18,22). The van der Waals surface area contributed by atoms with Crippen molar-refractivity contribution in [3.63, 3.8) is 0 Å². The summed E-state index contributed by atoms with van der Waals surface area (Å²) in [6, 6.07) is 0. The molecule has 0 saturated carbocycles. The summed E-state index contributed by atoms with van der Waals surface area (Å²) in [6.45, 7) is 5.73. The van der Waals surface area contributed by atoms with Crippen LogP contribution in [0.2, 0.25) is 8.67 Å². The first-order chi connectivity index (χ1) is 12.1. The van der Waals surface area contributed by atoms with Crippen LogP contribution in [0.5, 0.6) is 0 Å². The van der Waals surface area contributed by atoms with E-state index >= 15 is 0 Å². The number of esters is 1. The van der Waals surface area contributed by atoms with Gasteiger partial charge >= 0.3 is 12.1 Å². The van der Waals surface area contributed by atoms with E-state index in [1.54, 1.807) is 20.8 Å². The van der Waals surface area contributed by atoms with Crippen molar-refractivity contribution in [1.82, 2.24) is 15.3 Å². The van der Waals surface area contributed by atoms with Crippen molar-refractivity contribution >= 4 is 57.9 Å². The van der Waals surface area contributed by atoms with Gasteiger partial charge in [0, 0.05) is 13.0 Å². The first kappa shape index (κ1) is 20.9. The number of hydrogen-bond acceptors (Lipinski definition) is 8. The number of rotatable bonds is 5. The molecule has 2 heterocycles. The number of amides is 1. The number of ether oxygens (including phenoxy) is 2. The van der Waals surface area contributed by atoms with E-state index in [-0.39, 0.29) is 10.0 Å². The Balaban J connectivity index is 2.03. The normalized spacial score (nSPS) is 11.3. The molecule has 1 N–H and O–H groups in total. The SMILES string of the molecule is COC(=O)c1nc(-c2nc(CCNC(=O)OC(C)(C)C)sc2Cl)sc1Cl. The van der Waals surface area contributed by atoms with Crippen molar-refractivity contribution in [2.45, 2.75) is 32.8 Å². The zero-order valence-electron chi connectivity index (χ0n) is 14.5. The molecule has 26 heavy (non-hydrogen) atoms. The van der Waals surface area contributed by atoms with Gasteiger partial charge in [-0.05, 0) is 20.8 Å². The summed E-state index contributed by atoms with van der Waals surface area (Å²) in [5.74, 6) is -0.620. The number of nitrogens with zero attached hydrogens (tertiary/aromatic N) is 2. The molecule has 0 bridgehead atoms. The van der Waals surface area contributed by atoms with E-state index < -0.39 is 17.7 Å². The highest BCUT2D eigenvalue weighted by Crippen LogP contribution is 2.38. The van der Waals surface area contributed by atoms with Gasteiger partial charge in [0.05, 0.1) is 12.1 Å². The van der Waals surface area contributed by atoms with Crippen LogP contribution in [0.4, 0.5) is 4.79 Å². The van der Waals surface area contributed by atoms with Crippen LogP contribution >= 0.6 is 45.9 Å². The first-order valence-corrected chi connectivity index (χ1v) is 9.86. The zero-order valence-corrected chi connectivity index (χ0v) is 17.7. The molecular formula is C15H17Cl2N3O4S2. The van der Waals surface area contributed by atoms with Gasteiger partial charge in [-0.1, -0.05) is 34.5 Å². The molecule has 0 fully saturated rings. The molecule has 11 heteroatoms. The van der Waals surface area contributed by atoms with Crippen molar-refractivity contribution in [3.8, 4) is 10.7 Å². The van der Waals surface area contributed by atoms with Crippen LogP contribution < -0.4 is 5.32 Å². The van der Waals surface area contributed by atoms with Crippen molar-refractivity contribution in [2.24, 2.45) is 0 Å². The average molecular weight is 438 g/mol. The van der Waals surface area contributed by atoms with Gasteiger partial charge in [-0.15, -0.1) is 11.3 Å². The van der Waals surface area contributed by atoms with Crippen LogP contribution in [0.25, 0.3) is 10.7 Å². The van der Waals surface area contributed by atoms with Crippen molar-refractivity contribution in [3.05, 3.63) is 19.4 Å². The number of aromatic nitrogens is 2. The second-order valence-corrected chi connectivity index (χ2v) is 9.33. The highest BCUT2D eigenvalue weighted by atomic mass is 35.5. The molecule has 2 rings (SSSR count). The molecule has 2 aromatic rings. The fourth-order valence-electron chi connectivity index (χ4n) is 1.79. The Labute approximate surface area is 168 Å². The Morgan fingerprint density at radius 3 is 2.46 bits per heavy atom. The molecule has 0 atom stereocenters. The lowest BCUT2D eigenvalue weighted by molar-refractivity contribution is 0.0527. The van der Waals surface area contributed by atoms with Gasteiger partial charge in [0.25, 0.3) is 0 Å². The lowest BCUT2D eigenvalue weighted by atomic mass is 10.2. The van der Waals surface area contributed by atoms with Gasteiger partial charge in [-0.3, -0.25) is 0 Å². The molecule has 0 aliphatic carbocycles. The molecule has 0 unspecified atom stereocenters. The van der Waals surface area contributed by atoms with Crippen molar-refractivity contribution in [2.75, 3.05) is 13.7 Å². The number of carbonyl (C=O) groups excluding carboxylic acids is 2. The summed E-state index contributed by atoms with van der Waals surface area (Å²) in [5, 5.41) is 3.81. The Morgan fingerprint density at radius 2 is 1.85 bits per heavy atom. The molecule has 0 spiro atoms. The molecule has 0 radical (unpaired) electrons. The number of carbonyl (C=O) groups is 2. The maximum absolute atomic E-state index is 11.6. The highest BCUT2D eigenvalue weighted by molar-refractivity contribution is 7.20. The third-order valence-electron chi connectivity index (χ3n) is 2.80. The quantitative estimate of drug-likeness (QED) is 0.695. The largest absolute Gasteiger partial charge is 0.464 e. The summed E-state index contributed by atoms with van der Waals surface area (Å²) < 4.78 is 10.4. The molecule has 0 aliphatic rings. The molecule has 1 amide bonds. The number of hydrogen-bond donors (Lipinski definition) is 1. The molecule has 7 nitrogen and oxygen atoms in total. The Bertz CT molecular complexity index is 814. The van der Waals surface area contributed by atoms with Gasteiger partial charge in [-0.2, -0.15) is 0 Å². The number of alkyl carbamates (subject to hydrolysis) is 1. The topological polar surface area (TPSA) is 90.4 Å². The van der Waals surface area contributed by atoms with E-state index in [2.05, 4.69) is 20.0 Å². The van der Waals surface area contributed by atoms with Crippen LogP contribution in [0.15, 0.2) is 0 Å². The summed E-state index contributed by atoms with van der Waals surface area (Å²) in [5.41, 5.74) is -0.0687. The second-order valence-electron chi connectivity index (χ2n) is 6.04. The zero-order chi connectivity index (χ0) is 19.5. The lowest BCUT2D eigenvalue weighted by Crippen LogP contribution is -2.33. The summed E-state index contributed by atoms with van der Waals surface area (Å²) in [4.78, 5) is 31.8. The molecule has 2 aromatic heterocycles. The fraction of sp³-hybridized carbons (Fsp3) is 0.467. The molecule has 0 aliphatic heterocycles. The van der Waals surface area contributed by atoms with E-state index in [1.165, 1.54) is 18.4 Å². The molecule has 142 valence electrons. The number of methoxy groups -OCH3 is 1. The number of thiazole rings is 2. The van der Waals surface area contributed by atoms with E-state index in [0.29, 0.717) is 33.0 Å². The van der Waals surface area contributed by atoms with Crippen molar-refractivity contribution in [1.29, 1.82) is 0 Å². The van der Waals surface area contributed by atoms with Gasteiger partial charge in [0.1, 0.15) is 25.0 Å². The Morgan fingerprint density at radius 1 is 1.15 bits per heavy atom. The van der Waals surface area contributed by atoms with Crippen LogP contribution in [-0.2, 0) is 15.9 Å². The summed E-state index contributed by atoms with van der Waals surface area (Å²) in [6.07, 6.45) is -0.0122. The monoisotopic (exact) mass is 437 g/mol. The second kappa shape index (κ2) is 8.51. The maximum Gasteiger partial charge on any atom is 0.407 e. The third-order valence-corrected chi connectivity index (χ3v) is 5.38. The van der Waals surface area contributed by atoms with E-state index in [4.69, 9.17) is 27.9 Å². The Kier molecular flexibility index (Phi) is 6.84. The average Bonchev–Trinajstić information content (AvgIpc) is 3.07. The van der Waals surface area contributed by atoms with Crippen LogP contribution in [0, 0.1) is 0 Å². The smallest absolute Gasteiger partial charge is 0.407 e. The summed E-state index contributed by atoms with van der Waals surface area (Å²) >= 11 is 14.6. The fourth-order valence-corrected chi connectivity index (χ4v) is 4.21. The third kappa shape index (κ3) is 5.54. The van der Waals surface area contributed by atoms with Gasteiger partial charge in [0.2, 0.25) is 0 Å². The van der Waals surface area contributed by atoms with Gasteiger partial charge in [-0.25, -0.2) is 19.6 Å². The van der Waals surface area contributed by atoms with Crippen molar-refractivity contribution < 1.29 is 19.1 Å². The minimum atomic E-state index is -0.620. The molecule has 0 saturated heterocycles. The predicted molar refractivity (Wildman–Crippen MR) is 103 cm³/mol. The highest BCUT2D eigenvalue weighted by Gasteiger charge is 2.22. The number of nitrogens with one attached hydrogen (secondary N) is 1. The van der Waals surface area contributed by atoms with Crippen LogP contribution in [0.3, 0.4) is 0 Å². The maximum atomic E-state index is 11.6. The van der Waals surface area contributed by atoms with Gasteiger partial charge in [0.15, 0.2) is 5.69 Å². The predicted octanol–water partition coefficient (Wildman–Crippen LogP) is 4.43. The van der Waals surface area contributed by atoms with Crippen LogP contribution in [-0.4, -0.2) is 41.3 Å². The molecule has 0 aromatic carbocycles. The lowest BCUT2D eigenvalue weighted by Gasteiger charge is -2.19. The minimum Gasteiger partial charge on any atom is -0.464 e. The van der Waals surface area contributed by atoms with E-state index in [0.717, 1.165) is 11.3 Å². The minimum absolute atomic E-state index is 0.0337. The van der Waals surface area contributed by atoms with Gasteiger partial charge < -0.3 is 14.8 Å². The van der Waals surface area contributed by atoms with Crippen LogP contribution in [0.1, 0.15) is 36.3 Å².